The molecule has 1 fully saturated rings. The zero-order chi connectivity index (χ0) is 6.15. The summed E-state index contributed by atoms with van der Waals surface area (Å²) < 4.78 is 0. The van der Waals surface area contributed by atoms with Crippen LogP contribution in [0.4, 0.5) is 0 Å². The van der Waals surface area contributed by atoms with Gasteiger partial charge in [-0.2, -0.15) is 0 Å². The lowest BCUT2D eigenvalue weighted by atomic mass is 10.3. The van der Waals surface area contributed by atoms with E-state index in [4.69, 9.17) is 11.5 Å². The van der Waals surface area contributed by atoms with Gasteiger partial charge in [-0.1, -0.05) is 12.2 Å². The zero-order valence-corrected chi connectivity index (χ0v) is 4.93. The van der Waals surface area contributed by atoms with E-state index in [2.05, 4.69) is 6.58 Å². The minimum Gasteiger partial charge on any atom is -0.330 e. The van der Waals surface area contributed by atoms with Crippen LogP contribution >= 0.6 is 0 Å². The maximum atomic E-state index is 5.37. The third-order valence-corrected chi connectivity index (χ3v) is 1.84. The van der Waals surface area contributed by atoms with Crippen molar-refractivity contribution in [1.82, 2.24) is 0 Å². The van der Waals surface area contributed by atoms with Gasteiger partial charge in [-0.3, -0.25) is 0 Å². The van der Waals surface area contributed by atoms with Crippen molar-refractivity contribution in [3.63, 3.8) is 0 Å². The Hall–Kier alpha value is -0.340. The summed E-state index contributed by atoms with van der Waals surface area (Å²) >= 11 is 0. The van der Waals surface area contributed by atoms with Crippen LogP contribution in [0.25, 0.3) is 0 Å². The lowest BCUT2D eigenvalue weighted by Crippen LogP contribution is -2.08. The van der Waals surface area contributed by atoms with E-state index in [9.17, 15) is 0 Å². The average molecular weight is 112 g/mol. The first kappa shape index (κ1) is 5.79. The van der Waals surface area contributed by atoms with Gasteiger partial charge in [0.25, 0.3) is 0 Å². The van der Waals surface area contributed by atoms with Crippen LogP contribution < -0.4 is 11.5 Å². The average Bonchev–Trinajstić information content (AvgIpc) is 2.40. The third-order valence-electron chi connectivity index (χ3n) is 1.84. The number of hydrogen-bond acceptors (Lipinski definition) is 2. The van der Waals surface area contributed by atoms with Crippen LogP contribution in [0.15, 0.2) is 12.2 Å². The largest absolute Gasteiger partial charge is 0.330 e. The number of rotatable bonds is 2. The van der Waals surface area contributed by atoms with Crippen molar-refractivity contribution in [3.8, 4) is 0 Å². The lowest BCUT2D eigenvalue weighted by Gasteiger charge is -1.84. The van der Waals surface area contributed by atoms with Crippen LogP contribution in [0.3, 0.4) is 0 Å². The zero-order valence-electron chi connectivity index (χ0n) is 4.93. The first-order chi connectivity index (χ1) is 3.81. The van der Waals surface area contributed by atoms with E-state index in [0.717, 1.165) is 13.1 Å². The Morgan fingerprint density at radius 3 is 1.75 bits per heavy atom. The van der Waals surface area contributed by atoms with Gasteiger partial charge < -0.3 is 11.5 Å². The third kappa shape index (κ3) is 0.659. The van der Waals surface area contributed by atoms with Gasteiger partial charge in [-0.25, -0.2) is 0 Å². The minimum absolute atomic E-state index is 0.542. The van der Waals surface area contributed by atoms with Crippen molar-refractivity contribution in [2.45, 2.75) is 0 Å². The number of nitrogens with two attached hydrogens (primary N) is 2. The topological polar surface area (TPSA) is 52.0 Å². The molecule has 0 amide bonds. The fourth-order valence-electron chi connectivity index (χ4n) is 1.08. The quantitative estimate of drug-likeness (QED) is 0.482. The molecule has 0 radical (unpaired) electrons. The van der Waals surface area contributed by atoms with Crippen LogP contribution in [0.5, 0.6) is 0 Å². The molecule has 0 aliphatic heterocycles. The van der Waals surface area contributed by atoms with E-state index in [-0.39, 0.29) is 0 Å². The monoisotopic (exact) mass is 112 g/mol. The Morgan fingerprint density at radius 2 is 1.62 bits per heavy atom. The predicted molar refractivity (Wildman–Crippen MR) is 34.2 cm³/mol. The molecular weight excluding hydrogens is 100 g/mol. The van der Waals surface area contributed by atoms with Crippen LogP contribution in [0.1, 0.15) is 0 Å². The molecule has 1 saturated carbocycles. The maximum Gasteiger partial charge on any atom is -0.000159 e. The molecule has 1 aliphatic carbocycles. The second kappa shape index (κ2) is 1.88. The highest BCUT2D eigenvalue weighted by atomic mass is 14.7. The molecule has 0 spiro atoms. The van der Waals surface area contributed by atoms with Gasteiger partial charge >= 0.3 is 0 Å². The van der Waals surface area contributed by atoms with Gasteiger partial charge in [-0.15, -0.1) is 0 Å². The van der Waals surface area contributed by atoms with E-state index in [1.807, 2.05) is 0 Å². The standard InChI is InChI=1S/C6H12N2/c1-4-5(2-7)6(4)3-8/h5-6H,1-3,7-8H2/t5-,6-/m1/s1. The smallest absolute Gasteiger partial charge is 0.000159 e. The molecule has 0 bridgehead atoms. The van der Waals surface area contributed by atoms with E-state index < -0.39 is 0 Å². The summed E-state index contributed by atoms with van der Waals surface area (Å²) in [4.78, 5) is 0. The maximum absolute atomic E-state index is 5.37. The number of hydrogen-bond donors (Lipinski definition) is 2. The molecule has 46 valence electrons. The highest BCUT2D eigenvalue weighted by Crippen LogP contribution is 2.41. The predicted octanol–water partition coefficient (Wildman–Crippen LogP) is -0.294. The molecular formula is C6H12N2. The normalized spacial score (nSPS) is 35.5. The molecule has 2 nitrogen and oxygen atoms in total. The highest BCUT2D eigenvalue weighted by Gasteiger charge is 2.39. The Bertz CT molecular complexity index is 97.1. The molecule has 0 unspecified atom stereocenters. The van der Waals surface area contributed by atoms with Crippen molar-refractivity contribution in [1.29, 1.82) is 0 Å². The summed E-state index contributed by atoms with van der Waals surface area (Å²) in [6.45, 7) is 5.26. The van der Waals surface area contributed by atoms with Crippen LogP contribution in [-0.4, -0.2) is 13.1 Å². The van der Waals surface area contributed by atoms with E-state index in [1.54, 1.807) is 0 Å². The highest BCUT2D eigenvalue weighted by molar-refractivity contribution is 5.26. The second-order valence-electron chi connectivity index (χ2n) is 2.26. The fraction of sp³-hybridized carbons (Fsp3) is 0.667. The van der Waals surface area contributed by atoms with E-state index in [0.29, 0.717) is 11.8 Å². The van der Waals surface area contributed by atoms with E-state index in [1.165, 1.54) is 5.57 Å². The molecule has 0 aromatic rings. The molecule has 0 saturated heterocycles. The first-order valence-corrected chi connectivity index (χ1v) is 2.90. The van der Waals surface area contributed by atoms with Crippen molar-refractivity contribution >= 4 is 0 Å². The first-order valence-electron chi connectivity index (χ1n) is 2.90. The van der Waals surface area contributed by atoms with Crippen molar-refractivity contribution < 1.29 is 0 Å². The Labute approximate surface area is 49.5 Å². The SMILES string of the molecule is C=C1[C@@H](CN)[C@@H]1CN. The van der Waals surface area contributed by atoms with Gasteiger partial charge in [0.2, 0.25) is 0 Å². The van der Waals surface area contributed by atoms with E-state index >= 15 is 0 Å². The summed E-state index contributed by atoms with van der Waals surface area (Å²) in [5.74, 6) is 1.08. The molecule has 2 heteroatoms. The molecule has 0 heterocycles. The molecule has 1 rings (SSSR count). The summed E-state index contributed by atoms with van der Waals surface area (Å²) in [5, 5.41) is 0. The van der Waals surface area contributed by atoms with Crippen molar-refractivity contribution in [2.24, 2.45) is 23.3 Å². The molecule has 2 atom stereocenters. The van der Waals surface area contributed by atoms with Gasteiger partial charge in [0.05, 0.1) is 0 Å². The second-order valence-corrected chi connectivity index (χ2v) is 2.26. The Balaban J connectivity index is 2.34. The molecule has 0 aromatic carbocycles. The summed E-state index contributed by atoms with van der Waals surface area (Å²) in [7, 11) is 0. The summed E-state index contributed by atoms with van der Waals surface area (Å²) in [6.07, 6.45) is 0. The fourth-order valence-corrected chi connectivity index (χ4v) is 1.08. The molecule has 1 aliphatic rings. The van der Waals surface area contributed by atoms with Crippen molar-refractivity contribution in [2.75, 3.05) is 13.1 Å². The van der Waals surface area contributed by atoms with Crippen LogP contribution in [0, 0.1) is 11.8 Å². The summed E-state index contributed by atoms with van der Waals surface area (Å²) in [5.41, 5.74) is 12.0. The molecule has 4 N–H and O–H groups in total. The van der Waals surface area contributed by atoms with Crippen molar-refractivity contribution in [3.05, 3.63) is 12.2 Å². The minimum atomic E-state index is 0.542. The Morgan fingerprint density at radius 1 is 1.25 bits per heavy atom. The summed E-state index contributed by atoms with van der Waals surface area (Å²) in [6, 6.07) is 0. The Kier molecular flexibility index (Phi) is 1.36. The van der Waals surface area contributed by atoms with Gasteiger partial charge in [-0.05, 0) is 24.9 Å². The molecule has 8 heavy (non-hydrogen) atoms. The lowest BCUT2D eigenvalue weighted by molar-refractivity contribution is 0.715. The van der Waals surface area contributed by atoms with Crippen LogP contribution in [-0.2, 0) is 0 Å². The van der Waals surface area contributed by atoms with Crippen LogP contribution in [0.2, 0.25) is 0 Å². The van der Waals surface area contributed by atoms with Gasteiger partial charge in [0.1, 0.15) is 0 Å². The molecule has 0 aromatic heterocycles. The van der Waals surface area contributed by atoms with Gasteiger partial charge in [0.15, 0.2) is 0 Å². The van der Waals surface area contributed by atoms with Gasteiger partial charge in [0, 0.05) is 0 Å².